The highest BCUT2D eigenvalue weighted by molar-refractivity contribution is 5.80. The molecule has 0 bridgehead atoms. The lowest BCUT2D eigenvalue weighted by molar-refractivity contribution is -0.138. The second-order valence-corrected chi connectivity index (χ2v) is 7.03. The van der Waals surface area contributed by atoms with Gasteiger partial charge >= 0.3 is 0 Å². The van der Waals surface area contributed by atoms with Crippen molar-refractivity contribution >= 4 is 17.5 Å². The molecule has 1 aromatic heterocycles. The van der Waals surface area contributed by atoms with Gasteiger partial charge in [-0.3, -0.25) is 19.3 Å². The van der Waals surface area contributed by atoms with Gasteiger partial charge in [0, 0.05) is 45.8 Å². The topological polar surface area (TPSA) is 105 Å². The van der Waals surface area contributed by atoms with Gasteiger partial charge in [0.05, 0.1) is 24.3 Å². The highest BCUT2D eigenvalue weighted by atomic mass is 16.2. The quantitative estimate of drug-likeness (QED) is 0.708. The molecule has 9 heteroatoms. The standard InChI is InChI=1S/C17H26N6O3/c1-20-16(25)9-14(10-19-20)22-5-7-23(8-6-22)17(26)13-3-2-4-21(11-13)12-15(18)24/h9-10,13H,2-8,11-12H2,1H3,(H2,18,24)/t13-/m1/s1. The van der Waals surface area contributed by atoms with E-state index in [1.807, 2.05) is 9.80 Å². The van der Waals surface area contributed by atoms with E-state index in [1.165, 1.54) is 4.68 Å². The number of aryl methyl sites for hydroxylation is 1. The van der Waals surface area contributed by atoms with Crippen LogP contribution in [0.1, 0.15) is 12.8 Å². The number of carbonyl (C=O) groups is 2. The third kappa shape index (κ3) is 4.21. The van der Waals surface area contributed by atoms with Crippen LogP contribution in [0.25, 0.3) is 0 Å². The van der Waals surface area contributed by atoms with Crippen molar-refractivity contribution < 1.29 is 9.59 Å². The monoisotopic (exact) mass is 362 g/mol. The van der Waals surface area contributed by atoms with E-state index in [-0.39, 0.29) is 29.8 Å². The first-order valence-electron chi connectivity index (χ1n) is 9.02. The van der Waals surface area contributed by atoms with E-state index in [1.54, 1.807) is 19.3 Å². The van der Waals surface area contributed by atoms with Gasteiger partial charge in [-0.05, 0) is 19.4 Å². The van der Waals surface area contributed by atoms with E-state index in [4.69, 9.17) is 5.73 Å². The van der Waals surface area contributed by atoms with Crippen molar-refractivity contribution in [3.8, 4) is 0 Å². The summed E-state index contributed by atoms with van der Waals surface area (Å²) in [5.74, 6) is -0.268. The molecule has 2 N–H and O–H groups in total. The predicted molar refractivity (Wildman–Crippen MR) is 96.6 cm³/mol. The van der Waals surface area contributed by atoms with Gasteiger partial charge in [0.15, 0.2) is 0 Å². The fourth-order valence-electron chi connectivity index (χ4n) is 3.70. The van der Waals surface area contributed by atoms with Gasteiger partial charge < -0.3 is 15.5 Å². The van der Waals surface area contributed by atoms with E-state index in [0.717, 1.165) is 25.1 Å². The van der Waals surface area contributed by atoms with E-state index < -0.39 is 0 Å². The minimum atomic E-state index is -0.352. The number of likely N-dealkylation sites (tertiary alicyclic amines) is 1. The SMILES string of the molecule is Cn1ncc(N2CCN(C(=O)[C@@H]3CCCN(CC(N)=O)C3)CC2)cc1=O. The lowest BCUT2D eigenvalue weighted by Crippen LogP contribution is -2.53. The molecule has 0 aliphatic carbocycles. The van der Waals surface area contributed by atoms with Gasteiger partial charge in [-0.1, -0.05) is 0 Å². The molecule has 9 nitrogen and oxygen atoms in total. The Morgan fingerprint density at radius 3 is 2.62 bits per heavy atom. The number of primary amides is 1. The molecule has 0 unspecified atom stereocenters. The Bertz CT molecular complexity index is 725. The minimum absolute atomic E-state index is 0.0691. The molecular weight excluding hydrogens is 336 g/mol. The summed E-state index contributed by atoms with van der Waals surface area (Å²) in [6, 6.07) is 1.58. The summed E-state index contributed by atoms with van der Waals surface area (Å²) in [7, 11) is 1.62. The van der Waals surface area contributed by atoms with Crippen LogP contribution in [0.5, 0.6) is 0 Å². The van der Waals surface area contributed by atoms with Crippen molar-refractivity contribution in [3.05, 3.63) is 22.6 Å². The van der Waals surface area contributed by atoms with Crippen LogP contribution in [-0.2, 0) is 16.6 Å². The van der Waals surface area contributed by atoms with Crippen molar-refractivity contribution in [2.24, 2.45) is 18.7 Å². The zero-order valence-corrected chi connectivity index (χ0v) is 15.1. The van der Waals surface area contributed by atoms with Gasteiger partial charge in [0.2, 0.25) is 11.8 Å². The second kappa shape index (κ2) is 7.86. The van der Waals surface area contributed by atoms with Crippen LogP contribution in [0.2, 0.25) is 0 Å². The van der Waals surface area contributed by atoms with E-state index in [0.29, 0.717) is 32.7 Å². The van der Waals surface area contributed by atoms with Gasteiger partial charge in [0.1, 0.15) is 0 Å². The molecule has 3 heterocycles. The minimum Gasteiger partial charge on any atom is -0.369 e. The molecular formula is C17H26N6O3. The van der Waals surface area contributed by atoms with Crippen LogP contribution in [-0.4, -0.2) is 77.2 Å². The number of amides is 2. The summed E-state index contributed by atoms with van der Waals surface area (Å²) in [6.07, 6.45) is 3.44. The van der Waals surface area contributed by atoms with Crippen LogP contribution >= 0.6 is 0 Å². The third-order valence-corrected chi connectivity index (χ3v) is 5.14. The van der Waals surface area contributed by atoms with Crippen LogP contribution in [0.15, 0.2) is 17.1 Å². The zero-order chi connectivity index (χ0) is 18.7. The Morgan fingerprint density at radius 1 is 1.23 bits per heavy atom. The van der Waals surface area contributed by atoms with Crippen molar-refractivity contribution in [1.82, 2.24) is 19.6 Å². The molecule has 142 valence electrons. The maximum Gasteiger partial charge on any atom is 0.268 e. The highest BCUT2D eigenvalue weighted by Crippen LogP contribution is 2.20. The van der Waals surface area contributed by atoms with Crippen molar-refractivity contribution in [1.29, 1.82) is 0 Å². The van der Waals surface area contributed by atoms with E-state index >= 15 is 0 Å². The molecule has 1 atom stereocenters. The van der Waals surface area contributed by atoms with E-state index in [2.05, 4.69) is 10.00 Å². The average molecular weight is 362 g/mol. The molecule has 3 rings (SSSR count). The molecule has 0 radical (unpaired) electrons. The Morgan fingerprint density at radius 2 is 1.96 bits per heavy atom. The molecule has 2 fully saturated rings. The van der Waals surface area contributed by atoms with Gasteiger partial charge in [0.25, 0.3) is 5.56 Å². The number of nitrogens with two attached hydrogens (primary N) is 1. The Hall–Kier alpha value is -2.42. The van der Waals surface area contributed by atoms with Crippen LogP contribution in [0.3, 0.4) is 0 Å². The molecule has 2 aliphatic heterocycles. The summed E-state index contributed by atoms with van der Waals surface area (Å²) in [5.41, 5.74) is 5.92. The Kier molecular flexibility index (Phi) is 5.55. The highest BCUT2D eigenvalue weighted by Gasteiger charge is 2.31. The molecule has 2 aliphatic rings. The maximum absolute atomic E-state index is 12.8. The van der Waals surface area contributed by atoms with Gasteiger partial charge in [-0.2, -0.15) is 5.10 Å². The van der Waals surface area contributed by atoms with Crippen LogP contribution < -0.4 is 16.2 Å². The normalized spacial score (nSPS) is 21.7. The predicted octanol–water partition coefficient (Wildman–Crippen LogP) is -1.37. The van der Waals surface area contributed by atoms with Crippen molar-refractivity contribution in [3.63, 3.8) is 0 Å². The molecule has 0 spiro atoms. The second-order valence-electron chi connectivity index (χ2n) is 7.03. The summed E-state index contributed by atoms with van der Waals surface area (Å²) in [5, 5.41) is 4.05. The van der Waals surface area contributed by atoms with Gasteiger partial charge in [-0.15, -0.1) is 0 Å². The van der Waals surface area contributed by atoms with Crippen LogP contribution in [0.4, 0.5) is 5.69 Å². The number of carbonyl (C=O) groups excluding carboxylic acids is 2. The van der Waals surface area contributed by atoms with Crippen molar-refractivity contribution in [2.75, 3.05) is 50.7 Å². The number of anilines is 1. The fourth-order valence-corrected chi connectivity index (χ4v) is 3.70. The maximum atomic E-state index is 12.8. The fraction of sp³-hybridized carbons (Fsp3) is 0.647. The molecule has 2 amide bonds. The largest absolute Gasteiger partial charge is 0.369 e. The lowest BCUT2D eigenvalue weighted by Gasteiger charge is -2.39. The summed E-state index contributed by atoms with van der Waals surface area (Å²) in [4.78, 5) is 41.6. The number of hydrogen-bond donors (Lipinski definition) is 1. The third-order valence-electron chi connectivity index (χ3n) is 5.14. The number of hydrogen-bond acceptors (Lipinski definition) is 6. The first kappa shape index (κ1) is 18.4. The summed E-state index contributed by atoms with van der Waals surface area (Å²) >= 11 is 0. The summed E-state index contributed by atoms with van der Waals surface area (Å²) < 4.78 is 1.30. The molecule has 26 heavy (non-hydrogen) atoms. The van der Waals surface area contributed by atoms with Crippen LogP contribution in [0, 0.1) is 5.92 Å². The Labute approximate surface area is 152 Å². The number of piperidine rings is 1. The molecule has 2 saturated heterocycles. The zero-order valence-electron chi connectivity index (χ0n) is 15.1. The van der Waals surface area contributed by atoms with Crippen molar-refractivity contribution in [2.45, 2.75) is 12.8 Å². The average Bonchev–Trinajstić information content (AvgIpc) is 2.63. The number of aromatic nitrogens is 2. The molecule has 0 aromatic carbocycles. The Balaban J connectivity index is 1.55. The first-order valence-corrected chi connectivity index (χ1v) is 9.02. The smallest absolute Gasteiger partial charge is 0.268 e. The number of rotatable bonds is 4. The number of nitrogens with zero attached hydrogens (tertiary/aromatic N) is 5. The molecule has 0 saturated carbocycles. The first-order chi connectivity index (χ1) is 12.4. The summed E-state index contributed by atoms with van der Waals surface area (Å²) in [6.45, 7) is 4.24. The lowest BCUT2D eigenvalue weighted by atomic mass is 9.96. The molecule has 1 aromatic rings. The van der Waals surface area contributed by atoms with E-state index in [9.17, 15) is 14.4 Å². The number of piperazine rings is 1. The van der Waals surface area contributed by atoms with Gasteiger partial charge in [-0.25, -0.2) is 4.68 Å².